The molecule has 7 heteroatoms. The van der Waals surface area contributed by atoms with Gasteiger partial charge in [-0.3, -0.25) is 0 Å². The zero-order valence-electron chi connectivity index (χ0n) is 15.5. The van der Waals surface area contributed by atoms with E-state index in [0.29, 0.717) is 34.1 Å². The van der Waals surface area contributed by atoms with Crippen molar-refractivity contribution in [2.45, 2.75) is 0 Å². The van der Waals surface area contributed by atoms with Crippen LogP contribution in [0.15, 0.2) is 57.1 Å². The van der Waals surface area contributed by atoms with Crippen LogP contribution in [0.3, 0.4) is 0 Å². The zero-order valence-corrected chi connectivity index (χ0v) is 16.3. The van der Waals surface area contributed by atoms with Crippen molar-refractivity contribution in [2.75, 3.05) is 21.3 Å². The van der Waals surface area contributed by atoms with Gasteiger partial charge in [0.1, 0.15) is 10.6 Å². The fourth-order valence-electron chi connectivity index (χ4n) is 2.98. The predicted octanol–water partition coefficient (Wildman–Crippen LogP) is 4.61. The van der Waals surface area contributed by atoms with Gasteiger partial charge in [0.15, 0.2) is 11.5 Å². The standard InChI is InChI=1S/C21H17NO5S/c1-24-17-9-13(10-18(25-2)19(17)26-3)20-22-15(11-28-20)14-8-12-6-4-5-7-16(12)27-21(14)23/h4-11H,1-3H3. The summed E-state index contributed by atoms with van der Waals surface area (Å²) in [6.07, 6.45) is 0. The van der Waals surface area contributed by atoms with E-state index in [1.807, 2.05) is 35.7 Å². The molecule has 0 saturated heterocycles. The Morgan fingerprint density at radius 2 is 1.68 bits per heavy atom. The van der Waals surface area contributed by atoms with Gasteiger partial charge in [0.25, 0.3) is 0 Å². The van der Waals surface area contributed by atoms with Gasteiger partial charge in [-0.15, -0.1) is 11.3 Å². The van der Waals surface area contributed by atoms with E-state index in [9.17, 15) is 4.79 Å². The molecule has 2 aromatic carbocycles. The molecule has 0 amide bonds. The lowest BCUT2D eigenvalue weighted by atomic mass is 10.1. The molecule has 0 N–H and O–H groups in total. The second kappa shape index (κ2) is 7.36. The number of para-hydroxylation sites is 1. The molecule has 6 nitrogen and oxygen atoms in total. The van der Waals surface area contributed by atoms with Crippen molar-refractivity contribution >= 4 is 22.3 Å². The second-order valence-electron chi connectivity index (χ2n) is 5.94. The summed E-state index contributed by atoms with van der Waals surface area (Å²) in [5, 5.41) is 3.40. The molecule has 2 heterocycles. The van der Waals surface area contributed by atoms with Crippen molar-refractivity contribution in [2.24, 2.45) is 0 Å². The van der Waals surface area contributed by atoms with Crippen LogP contribution < -0.4 is 19.8 Å². The van der Waals surface area contributed by atoms with Gasteiger partial charge < -0.3 is 18.6 Å². The minimum atomic E-state index is -0.416. The fourth-order valence-corrected chi connectivity index (χ4v) is 3.78. The first kappa shape index (κ1) is 18.1. The molecule has 0 bridgehead atoms. The van der Waals surface area contributed by atoms with E-state index < -0.39 is 5.63 Å². The van der Waals surface area contributed by atoms with Gasteiger partial charge in [0.05, 0.1) is 32.6 Å². The molecular formula is C21H17NO5S. The maximum Gasteiger partial charge on any atom is 0.345 e. The molecule has 0 aliphatic heterocycles. The van der Waals surface area contributed by atoms with Gasteiger partial charge in [0.2, 0.25) is 5.75 Å². The molecule has 0 saturated carbocycles. The van der Waals surface area contributed by atoms with Gasteiger partial charge in [-0.05, 0) is 24.3 Å². The van der Waals surface area contributed by atoms with Crippen LogP contribution >= 0.6 is 11.3 Å². The van der Waals surface area contributed by atoms with E-state index in [-0.39, 0.29) is 0 Å². The Hall–Kier alpha value is -3.32. The summed E-state index contributed by atoms with van der Waals surface area (Å²) in [6, 6.07) is 12.8. The Kier molecular flexibility index (Phi) is 4.75. The van der Waals surface area contributed by atoms with E-state index in [1.165, 1.54) is 11.3 Å². The van der Waals surface area contributed by atoms with E-state index >= 15 is 0 Å². The quantitative estimate of drug-likeness (QED) is 0.460. The topological polar surface area (TPSA) is 70.8 Å². The number of thiazole rings is 1. The lowest BCUT2D eigenvalue weighted by Gasteiger charge is -2.13. The van der Waals surface area contributed by atoms with Crippen molar-refractivity contribution in [1.29, 1.82) is 0 Å². The van der Waals surface area contributed by atoms with Crippen molar-refractivity contribution in [3.8, 4) is 39.1 Å². The predicted molar refractivity (Wildman–Crippen MR) is 109 cm³/mol. The summed E-state index contributed by atoms with van der Waals surface area (Å²) in [5.41, 5.74) is 1.93. The number of aromatic nitrogens is 1. The summed E-state index contributed by atoms with van der Waals surface area (Å²) in [7, 11) is 4.68. The van der Waals surface area contributed by atoms with Gasteiger partial charge >= 0.3 is 5.63 Å². The van der Waals surface area contributed by atoms with Gasteiger partial charge in [-0.25, -0.2) is 9.78 Å². The zero-order chi connectivity index (χ0) is 19.7. The van der Waals surface area contributed by atoms with E-state index in [1.54, 1.807) is 33.5 Å². The Morgan fingerprint density at radius 3 is 2.36 bits per heavy atom. The number of methoxy groups -OCH3 is 3. The van der Waals surface area contributed by atoms with E-state index in [2.05, 4.69) is 4.98 Å². The van der Waals surface area contributed by atoms with Crippen LogP contribution in [0, 0.1) is 0 Å². The third-order valence-corrected chi connectivity index (χ3v) is 5.22. The first-order chi connectivity index (χ1) is 13.6. The van der Waals surface area contributed by atoms with E-state index in [4.69, 9.17) is 18.6 Å². The van der Waals surface area contributed by atoms with Crippen molar-refractivity contribution in [3.05, 3.63) is 58.3 Å². The third-order valence-electron chi connectivity index (χ3n) is 4.33. The second-order valence-corrected chi connectivity index (χ2v) is 6.80. The van der Waals surface area contributed by atoms with Crippen LogP contribution in [0.4, 0.5) is 0 Å². The van der Waals surface area contributed by atoms with Crippen LogP contribution in [0.25, 0.3) is 32.8 Å². The smallest absolute Gasteiger partial charge is 0.345 e. The first-order valence-electron chi connectivity index (χ1n) is 8.43. The minimum absolute atomic E-state index is 0.416. The average Bonchev–Trinajstić information content (AvgIpc) is 3.22. The highest BCUT2D eigenvalue weighted by molar-refractivity contribution is 7.13. The maximum atomic E-state index is 12.4. The van der Waals surface area contributed by atoms with Gasteiger partial charge in [-0.1, -0.05) is 18.2 Å². The summed E-state index contributed by atoms with van der Waals surface area (Å²) in [5.74, 6) is 1.60. The molecule has 0 fully saturated rings. The highest BCUT2D eigenvalue weighted by atomic mass is 32.1. The number of rotatable bonds is 5. The summed E-state index contributed by atoms with van der Waals surface area (Å²) in [6.45, 7) is 0. The SMILES string of the molecule is COc1cc(-c2nc(-c3cc4ccccc4oc3=O)cs2)cc(OC)c1OC. The molecule has 142 valence electrons. The largest absolute Gasteiger partial charge is 0.493 e. The third kappa shape index (κ3) is 3.10. The summed E-state index contributed by atoms with van der Waals surface area (Å²) in [4.78, 5) is 17.0. The van der Waals surface area contributed by atoms with E-state index in [0.717, 1.165) is 16.0 Å². The molecule has 0 unspecified atom stereocenters. The van der Waals surface area contributed by atoms with Gasteiger partial charge in [0, 0.05) is 16.3 Å². The molecule has 4 aromatic rings. The summed E-state index contributed by atoms with van der Waals surface area (Å²) >= 11 is 1.42. The lowest BCUT2D eigenvalue weighted by molar-refractivity contribution is 0.324. The monoisotopic (exact) mass is 395 g/mol. The number of fused-ring (bicyclic) bond motifs is 1. The van der Waals surface area contributed by atoms with Crippen molar-refractivity contribution in [3.63, 3.8) is 0 Å². The Bertz CT molecular complexity index is 1190. The number of ether oxygens (including phenoxy) is 3. The number of hydrogen-bond acceptors (Lipinski definition) is 7. The number of hydrogen-bond donors (Lipinski definition) is 0. The number of nitrogens with zero attached hydrogens (tertiary/aromatic N) is 1. The van der Waals surface area contributed by atoms with Crippen molar-refractivity contribution < 1.29 is 18.6 Å². The molecule has 4 rings (SSSR count). The summed E-state index contributed by atoms with van der Waals surface area (Å²) < 4.78 is 21.6. The molecule has 0 atom stereocenters. The van der Waals surface area contributed by atoms with Crippen molar-refractivity contribution in [1.82, 2.24) is 4.98 Å². The molecule has 28 heavy (non-hydrogen) atoms. The van der Waals surface area contributed by atoms with Crippen LogP contribution in [0.5, 0.6) is 17.2 Å². The maximum absolute atomic E-state index is 12.4. The molecule has 2 aromatic heterocycles. The Labute approximate surface area is 164 Å². The van der Waals surface area contributed by atoms with Crippen LogP contribution in [-0.2, 0) is 0 Å². The van der Waals surface area contributed by atoms with Crippen LogP contribution in [0.2, 0.25) is 0 Å². The minimum Gasteiger partial charge on any atom is -0.493 e. The van der Waals surface area contributed by atoms with Gasteiger partial charge in [-0.2, -0.15) is 0 Å². The molecule has 0 aliphatic carbocycles. The highest BCUT2D eigenvalue weighted by Crippen LogP contribution is 2.42. The molecule has 0 aliphatic rings. The Morgan fingerprint density at radius 1 is 0.964 bits per heavy atom. The highest BCUT2D eigenvalue weighted by Gasteiger charge is 2.17. The average molecular weight is 395 g/mol. The first-order valence-corrected chi connectivity index (χ1v) is 9.31. The normalized spacial score (nSPS) is 10.8. The molecule has 0 spiro atoms. The lowest BCUT2D eigenvalue weighted by Crippen LogP contribution is -2.02. The fraction of sp³-hybridized carbons (Fsp3) is 0.143. The van der Waals surface area contributed by atoms with Crippen LogP contribution in [0.1, 0.15) is 0 Å². The Balaban J connectivity index is 1.80. The van der Waals surface area contributed by atoms with Crippen LogP contribution in [-0.4, -0.2) is 26.3 Å². The number of benzene rings is 2. The molecular weight excluding hydrogens is 378 g/mol. The molecule has 0 radical (unpaired) electrons.